The van der Waals surface area contributed by atoms with Crippen LogP contribution in [-0.2, 0) is 0 Å². The first-order chi connectivity index (χ1) is 61.6. The van der Waals surface area contributed by atoms with Crippen molar-refractivity contribution >= 4 is 35.8 Å². The molecule has 128 heavy (non-hydrogen) atoms. The zero-order valence-corrected chi connectivity index (χ0v) is 69.7. The minimum Gasteiger partial charge on any atom is -0.478 e. The number of aromatic nitrogens is 12. The molecule has 0 amide bonds. The standard InChI is InChI=1S/2C17H13FN2O2.4C17H14N2O2/c1-11-2-7-16(15(18)8-11)20-10-14(9-19-20)12-3-5-13(6-4-12)17(21)22;1-11-5-6-16(15(18)7-11)20-10-14(9-19-20)12-3-2-4-13(8-12)17(21)22;2*1-12-2-8-16(9-3-12)19-11-15(10-18-19)13-4-6-14(7-5-13)17(20)21;2*1-12-5-7-16(8-6-12)19-11-15(10-18-19)13-3-2-4-14(9-13)17(20)21/h2*2-10H,1H3,(H,21,22);4*2-11H,1H3,(H,20,21). The van der Waals surface area contributed by atoms with E-state index in [2.05, 4.69) is 30.6 Å². The van der Waals surface area contributed by atoms with Crippen LogP contribution in [0.2, 0.25) is 0 Å². The van der Waals surface area contributed by atoms with E-state index in [-0.39, 0.29) is 45.0 Å². The number of carboxylic acids is 6. The predicted octanol–water partition coefficient (Wildman–Crippen LogP) is 21.6. The van der Waals surface area contributed by atoms with Crippen molar-refractivity contribution in [3.63, 3.8) is 0 Å². The first-order valence-corrected chi connectivity index (χ1v) is 39.7. The molecule has 0 bridgehead atoms. The van der Waals surface area contributed by atoms with Crippen LogP contribution < -0.4 is 0 Å². The van der Waals surface area contributed by atoms with Gasteiger partial charge in [-0.2, -0.15) is 30.6 Å². The highest BCUT2D eigenvalue weighted by atomic mass is 19.1. The molecule has 6 N–H and O–H groups in total. The summed E-state index contributed by atoms with van der Waals surface area (Å²) < 4.78 is 38.0. The Morgan fingerprint density at radius 3 is 0.633 bits per heavy atom. The Hall–Kier alpha value is -17.4. The molecule has 6 heterocycles. The molecule has 0 fully saturated rings. The van der Waals surface area contributed by atoms with E-state index in [1.165, 1.54) is 61.9 Å². The molecular formula is C102H82F2N12O12. The summed E-state index contributed by atoms with van der Waals surface area (Å²) in [6, 6.07) is 82.5. The normalized spacial score (nSPS) is 10.6. The summed E-state index contributed by atoms with van der Waals surface area (Å²) in [6.45, 7) is 11.8. The smallest absolute Gasteiger partial charge is 0.335 e. The lowest BCUT2D eigenvalue weighted by molar-refractivity contribution is 0.0686. The SMILES string of the molecule is Cc1ccc(-n2cc(-c3ccc(C(=O)O)cc3)cn2)c(F)c1.Cc1ccc(-n2cc(-c3ccc(C(=O)O)cc3)cn2)cc1.Cc1ccc(-n2cc(-c3ccc(C(=O)O)cc3)cn2)cc1.Cc1ccc(-n2cc(-c3cccc(C(=O)O)c3)cn2)c(F)c1.Cc1ccc(-n2cc(-c3cccc(C(=O)O)c3)cn2)cc1.Cc1ccc(-n2cc(-c3cccc(C(=O)O)c3)cn2)cc1. The van der Waals surface area contributed by atoms with Gasteiger partial charge in [-0.05, 0) is 232 Å². The molecule has 6 aromatic heterocycles. The molecule has 18 rings (SSSR count). The Morgan fingerprint density at radius 2 is 0.414 bits per heavy atom. The quantitative estimate of drug-likeness (QED) is 0.0465. The lowest BCUT2D eigenvalue weighted by Gasteiger charge is -2.04. The molecule has 0 aliphatic rings. The molecule has 0 atom stereocenters. The van der Waals surface area contributed by atoms with Crippen LogP contribution in [0, 0.1) is 53.2 Å². The van der Waals surface area contributed by atoms with Crippen molar-refractivity contribution in [3.05, 3.63) is 432 Å². The number of nitrogens with zero attached hydrogens (tertiary/aromatic N) is 12. The summed E-state index contributed by atoms with van der Waals surface area (Å²) >= 11 is 0. The van der Waals surface area contributed by atoms with E-state index in [9.17, 15) is 37.5 Å². The molecule has 18 aromatic rings. The van der Waals surface area contributed by atoms with E-state index in [4.69, 9.17) is 30.6 Å². The van der Waals surface area contributed by atoms with Crippen LogP contribution in [-0.4, -0.2) is 125 Å². The first kappa shape index (κ1) is 88.4. The Bertz CT molecular complexity index is 6700. The summed E-state index contributed by atoms with van der Waals surface area (Å²) in [5.74, 6) is -6.34. The summed E-state index contributed by atoms with van der Waals surface area (Å²) in [4.78, 5) is 65.6. The van der Waals surface area contributed by atoms with Gasteiger partial charge in [0.05, 0.1) is 93.3 Å². The molecule has 26 heteroatoms. The van der Waals surface area contributed by atoms with Crippen molar-refractivity contribution in [3.8, 4) is 101 Å². The van der Waals surface area contributed by atoms with Crippen LogP contribution in [0.3, 0.4) is 0 Å². The fourth-order valence-electron chi connectivity index (χ4n) is 13.0. The van der Waals surface area contributed by atoms with Gasteiger partial charge < -0.3 is 30.6 Å². The second kappa shape index (κ2) is 40.5. The first-order valence-electron chi connectivity index (χ1n) is 39.7. The lowest BCUT2D eigenvalue weighted by Crippen LogP contribution is -1.98. The van der Waals surface area contributed by atoms with Crippen molar-refractivity contribution < 1.29 is 68.2 Å². The zero-order valence-electron chi connectivity index (χ0n) is 69.7. The predicted molar refractivity (Wildman–Crippen MR) is 484 cm³/mol. The Balaban J connectivity index is 0.000000131. The second-order valence-corrected chi connectivity index (χ2v) is 29.6. The maximum Gasteiger partial charge on any atom is 0.335 e. The Labute approximate surface area is 733 Å². The summed E-state index contributed by atoms with van der Waals surface area (Å²) in [7, 11) is 0. The number of carboxylic acid groups (broad SMARTS) is 6. The summed E-state index contributed by atoms with van der Waals surface area (Å²) in [6.07, 6.45) is 21.3. The number of halogens is 2. The van der Waals surface area contributed by atoms with Crippen LogP contribution in [0.1, 0.15) is 95.5 Å². The fraction of sp³-hybridized carbons (Fsp3) is 0.0588. The molecule has 24 nitrogen and oxygen atoms in total. The molecule has 636 valence electrons. The number of aromatic carboxylic acids is 6. The molecule has 0 saturated carbocycles. The monoisotopic (exact) mass is 1700 g/mol. The molecule has 0 aliphatic carbocycles. The van der Waals surface area contributed by atoms with Crippen molar-refractivity contribution in [1.29, 1.82) is 0 Å². The maximum absolute atomic E-state index is 14.0. The lowest BCUT2D eigenvalue weighted by atomic mass is 10.1. The Kier molecular flexibility index (Phi) is 28.0. The second-order valence-electron chi connectivity index (χ2n) is 29.6. The Morgan fingerprint density at radius 1 is 0.211 bits per heavy atom. The number of rotatable bonds is 18. The molecule has 0 radical (unpaired) electrons. The number of carbonyl (C=O) groups is 6. The number of aryl methyl sites for hydroxylation is 6. The third-order valence-corrected chi connectivity index (χ3v) is 20.1. The van der Waals surface area contributed by atoms with Gasteiger partial charge in [-0.25, -0.2) is 65.6 Å². The maximum atomic E-state index is 14.0. The van der Waals surface area contributed by atoms with Crippen LogP contribution in [0.4, 0.5) is 8.78 Å². The van der Waals surface area contributed by atoms with Gasteiger partial charge in [0.15, 0.2) is 0 Å². The number of hydrogen-bond donors (Lipinski definition) is 6. The minimum atomic E-state index is -0.987. The zero-order chi connectivity index (χ0) is 90.7. The van der Waals surface area contributed by atoms with Crippen LogP contribution in [0.5, 0.6) is 0 Å². The largest absolute Gasteiger partial charge is 0.478 e. The number of benzene rings is 12. The van der Waals surface area contributed by atoms with Gasteiger partial charge in [-0.1, -0.05) is 156 Å². The van der Waals surface area contributed by atoms with Gasteiger partial charge in [0, 0.05) is 70.6 Å². The summed E-state index contributed by atoms with van der Waals surface area (Å²) in [5, 5.41) is 79.5. The van der Waals surface area contributed by atoms with E-state index in [0.717, 1.165) is 101 Å². The van der Waals surface area contributed by atoms with E-state index >= 15 is 0 Å². The van der Waals surface area contributed by atoms with Crippen LogP contribution in [0.25, 0.3) is 101 Å². The third kappa shape index (κ3) is 22.8. The minimum absolute atomic E-state index is 0.201. The highest BCUT2D eigenvalue weighted by molar-refractivity contribution is 5.92. The summed E-state index contributed by atoms with van der Waals surface area (Å²) in [5.41, 5.74) is 23.0. The van der Waals surface area contributed by atoms with Crippen molar-refractivity contribution in [1.82, 2.24) is 58.7 Å². The van der Waals surface area contributed by atoms with Gasteiger partial charge >= 0.3 is 35.8 Å². The van der Waals surface area contributed by atoms with E-state index in [0.29, 0.717) is 11.4 Å². The highest BCUT2D eigenvalue weighted by Crippen LogP contribution is 2.30. The van der Waals surface area contributed by atoms with Gasteiger partial charge in [-0.3, -0.25) is 0 Å². The molecule has 0 unspecified atom stereocenters. The molecule has 0 spiro atoms. The molecular weight excluding hydrogens is 1620 g/mol. The third-order valence-electron chi connectivity index (χ3n) is 20.1. The van der Waals surface area contributed by atoms with Crippen molar-refractivity contribution in [2.24, 2.45) is 0 Å². The van der Waals surface area contributed by atoms with Gasteiger partial charge in [-0.15, -0.1) is 0 Å². The van der Waals surface area contributed by atoms with Gasteiger partial charge in [0.2, 0.25) is 0 Å². The molecule has 12 aromatic carbocycles. The van der Waals surface area contributed by atoms with Gasteiger partial charge in [0.25, 0.3) is 0 Å². The average molecular weight is 1710 g/mol. The fourth-order valence-corrected chi connectivity index (χ4v) is 13.0. The van der Waals surface area contributed by atoms with Crippen LogP contribution in [0.15, 0.2) is 353 Å². The molecule has 0 saturated heterocycles. The van der Waals surface area contributed by atoms with E-state index in [1.807, 2.05) is 188 Å². The van der Waals surface area contributed by atoms with Crippen LogP contribution >= 0.6 is 0 Å². The molecule has 0 aliphatic heterocycles. The van der Waals surface area contributed by atoms with Crippen molar-refractivity contribution in [2.45, 2.75) is 41.5 Å². The van der Waals surface area contributed by atoms with E-state index < -0.39 is 35.8 Å². The van der Waals surface area contributed by atoms with E-state index in [1.54, 1.807) is 196 Å². The van der Waals surface area contributed by atoms with Gasteiger partial charge in [0.1, 0.15) is 23.0 Å². The topological polar surface area (TPSA) is 331 Å². The van der Waals surface area contributed by atoms with Crippen molar-refractivity contribution in [2.75, 3.05) is 0 Å². The number of hydrogen-bond acceptors (Lipinski definition) is 12. The average Bonchev–Trinajstić information content (AvgIpc) is 1.66. The highest BCUT2D eigenvalue weighted by Gasteiger charge is 2.16.